The smallest absolute Gasteiger partial charge is 0.0500 e. The molecule has 0 radical (unpaired) electrons. The van der Waals surface area contributed by atoms with Crippen LogP contribution in [0.2, 0.25) is 0 Å². The molecule has 1 rings (SSSR count). The van der Waals surface area contributed by atoms with Crippen LogP contribution in [0, 0.1) is 5.92 Å². The first-order valence-electron chi connectivity index (χ1n) is 4.73. The zero-order valence-electron chi connectivity index (χ0n) is 7.82. The summed E-state index contributed by atoms with van der Waals surface area (Å²) in [7, 11) is 0. The number of hydrogen-bond acceptors (Lipinski definition) is 0. The van der Waals surface area contributed by atoms with E-state index in [1.165, 1.54) is 38.5 Å². The molecule has 1 aliphatic rings. The molecule has 1 fully saturated rings. The summed E-state index contributed by atoms with van der Waals surface area (Å²) in [6.45, 7) is 6.50. The average Bonchev–Trinajstić information content (AvgIpc) is 1.90. The van der Waals surface area contributed by atoms with Gasteiger partial charge in [-0.15, -0.1) is 0 Å². The molecule has 0 aromatic rings. The summed E-state index contributed by atoms with van der Waals surface area (Å²) in [5, 5.41) is 0. The van der Waals surface area contributed by atoms with E-state index >= 15 is 0 Å². The van der Waals surface area contributed by atoms with Crippen LogP contribution in [0.25, 0.3) is 0 Å². The third kappa shape index (κ3) is 17.8. The summed E-state index contributed by atoms with van der Waals surface area (Å²) in [5.41, 5.74) is 0. The van der Waals surface area contributed by atoms with E-state index in [1.807, 2.05) is 0 Å². The van der Waals surface area contributed by atoms with Crippen LogP contribution >= 0.6 is 0 Å². The van der Waals surface area contributed by atoms with Crippen molar-refractivity contribution in [2.24, 2.45) is 5.92 Å². The molecule has 0 aliphatic heterocycles. The first kappa shape index (κ1) is 13.6. The summed E-state index contributed by atoms with van der Waals surface area (Å²) in [6, 6.07) is 0. The molecule has 0 unspecified atom stereocenters. The molecular formula is C11H26. The SMILES string of the molecule is C.C1CCCCC1.CC(C)C. The lowest BCUT2D eigenvalue weighted by molar-refractivity contribution is 0.504. The van der Waals surface area contributed by atoms with Crippen LogP contribution in [0.3, 0.4) is 0 Å². The maximum atomic E-state index is 2.17. The normalized spacial score (nSPS) is 16.4. The van der Waals surface area contributed by atoms with Gasteiger partial charge >= 0.3 is 0 Å². The highest BCUT2D eigenvalue weighted by atomic mass is 14.0. The minimum atomic E-state index is 0. The van der Waals surface area contributed by atoms with Gasteiger partial charge in [-0.25, -0.2) is 0 Å². The standard InChI is InChI=1S/C6H12.C4H10.CH4/c1-2-4-6-5-3-1;1-4(2)3;/h1-6H2;4H,1-3H3;1H4. The lowest BCUT2D eigenvalue weighted by Gasteiger charge is -2.05. The zero-order chi connectivity index (χ0) is 7.82. The van der Waals surface area contributed by atoms with Crippen LogP contribution in [0.5, 0.6) is 0 Å². The largest absolute Gasteiger partial charge is 0.0776 e. The second-order valence-electron chi connectivity index (χ2n) is 3.85. The fourth-order valence-corrected chi connectivity index (χ4v) is 1.06. The maximum Gasteiger partial charge on any atom is -0.0500 e. The van der Waals surface area contributed by atoms with Gasteiger partial charge in [0.05, 0.1) is 0 Å². The predicted octanol–water partition coefficient (Wildman–Crippen LogP) is 4.64. The van der Waals surface area contributed by atoms with E-state index in [9.17, 15) is 0 Å². The van der Waals surface area contributed by atoms with E-state index in [0.717, 1.165) is 5.92 Å². The Balaban J connectivity index is 0. The van der Waals surface area contributed by atoms with Crippen molar-refractivity contribution >= 4 is 0 Å². The third-order valence-electron chi connectivity index (χ3n) is 1.50. The van der Waals surface area contributed by atoms with Crippen molar-refractivity contribution in [3.63, 3.8) is 0 Å². The highest BCUT2D eigenvalue weighted by Gasteiger charge is 1.95. The van der Waals surface area contributed by atoms with Crippen molar-refractivity contribution in [3.05, 3.63) is 0 Å². The molecular weight excluding hydrogens is 132 g/mol. The highest BCUT2D eigenvalue weighted by Crippen LogP contribution is 2.15. The predicted molar refractivity (Wildman–Crippen MR) is 54.9 cm³/mol. The average molecular weight is 158 g/mol. The monoisotopic (exact) mass is 158 g/mol. The highest BCUT2D eigenvalue weighted by molar-refractivity contribution is 4.51. The van der Waals surface area contributed by atoms with E-state index < -0.39 is 0 Å². The molecule has 1 aliphatic carbocycles. The van der Waals surface area contributed by atoms with Gasteiger partial charge in [-0.3, -0.25) is 0 Å². The Hall–Kier alpha value is 0. The first-order chi connectivity index (χ1) is 4.73. The Bertz CT molecular complexity index is 36.8. The van der Waals surface area contributed by atoms with Gasteiger partial charge in [0.15, 0.2) is 0 Å². The van der Waals surface area contributed by atoms with E-state index in [0.29, 0.717) is 0 Å². The van der Waals surface area contributed by atoms with Gasteiger partial charge < -0.3 is 0 Å². The molecule has 0 N–H and O–H groups in total. The summed E-state index contributed by atoms with van der Waals surface area (Å²) >= 11 is 0. The van der Waals surface area contributed by atoms with Crippen LogP contribution in [0.1, 0.15) is 66.7 Å². The van der Waals surface area contributed by atoms with Crippen molar-refractivity contribution in [1.82, 2.24) is 0 Å². The fraction of sp³-hybridized carbons (Fsp3) is 1.00. The second-order valence-corrected chi connectivity index (χ2v) is 3.85. The van der Waals surface area contributed by atoms with Crippen LogP contribution in [0.15, 0.2) is 0 Å². The molecule has 11 heavy (non-hydrogen) atoms. The van der Waals surface area contributed by atoms with Crippen LogP contribution in [-0.2, 0) is 0 Å². The molecule has 0 aromatic carbocycles. The molecule has 0 amide bonds. The minimum absolute atomic E-state index is 0. The molecule has 0 heterocycles. The van der Waals surface area contributed by atoms with Crippen molar-refractivity contribution in [2.45, 2.75) is 66.7 Å². The fourth-order valence-electron chi connectivity index (χ4n) is 1.06. The van der Waals surface area contributed by atoms with Crippen LogP contribution in [-0.4, -0.2) is 0 Å². The second kappa shape index (κ2) is 10.0. The Morgan fingerprint density at radius 3 is 0.818 bits per heavy atom. The zero-order valence-corrected chi connectivity index (χ0v) is 7.82. The van der Waals surface area contributed by atoms with Gasteiger partial charge in [0.1, 0.15) is 0 Å². The molecule has 0 atom stereocenters. The quantitative estimate of drug-likeness (QED) is 0.482. The molecule has 0 spiro atoms. The van der Waals surface area contributed by atoms with Gasteiger partial charge in [-0.2, -0.15) is 0 Å². The molecule has 0 nitrogen and oxygen atoms in total. The molecule has 70 valence electrons. The molecule has 0 bridgehead atoms. The van der Waals surface area contributed by atoms with Crippen molar-refractivity contribution in [1.29, 1.82) is 0 Å². The molecule has 1 saturated carbocycles. The van der Waals surface area contributed by atoms with Gasteiger partial charge in [-0.1, -0.05) is 66.7 Å². The third-order valence-corrected chi connectivity index (χ3v) is 1.50. The van der Waals surface area contributed by atoms with E-state index in [2.05, 4.69) is 20.8 Å². The molecule has 0 aromatic heterocycles. The van der Waals surface area contributed by atoms with Crippen molar-refractivity contribution in [2.75, 3.05) is 0 Å². The Labute approximate surface area is 73.4 Å². The number of hydrogen-bond donors (Lipinski definition) is 0. The van der Waals surface area contributed by atoms with E-state index in [1.54, 1.807) is 0 Å². The summed E-state index contributed by atoms with van der Waals surface area (Å²) in [6.07, 6.45) is 9.00. The lowest BCUT2D eigenvalue weighted by atomic mass is 10.0. The summed E-state index contributed by atoms with van der Waals surface area (Å²) in [5.74, 6) is 0.833. The van der Waals surface area contributed by atoms with E-state index in [4.69, 9.17) is 0 Å². The van der Waals surface area contributed by atoms with Gasteiger partial charge in [0.2, 0.25) is 0 Å². The molecule has 0 heteroatoms. The van der Waals surface area contributed by atoms with Crippen LogP contribution in [0.4, 0.5) is 0 Å². The minimum Gasteiger partial charge on any atom is -0.0776 e. The summed E-state index contributed by atoms with van der Waals surface area (Å²) < 4.78 is 0. The molecule has 0 saturated heterocycles. The number of rotatable bonds is 0. The van der Waals surface area contributed by atoms with Crippen molar-refractivity contribution in [3.8, 4) is 0 Å². The van der Waals surface area contributed by atoms with E-state index in [-0.39, 0.29) is 7.43 Å². The van der Waals surface area contributed by atoms with Gasteiger partial charge in [0, 0.05) is 0 Å². The Morgan fingerprint density at radius 2 is 0.727 bits per heavy atom. The maximum absolute atomic E-state index is 2.17. The van der Waals surface area contributed by atoms with Gasteiger partial charge in [-0.05, 0) is 5.92 Å². The van der Waals surface area contributed by atoms with Gasteiger partial charge in [0.25, 0.3) is 0 Å². The summed E-state index contributed by atoms with van der Waals surface area (Å²) in [4.78, 5) is 0. The van der Waals surface area contributed by atoms with Crippen LogP contribution < -0.4 is 0 Å². The Morgan fingerprint density at radius 1 is 0.636 bits per heavy atom. The first-order valence-corrected chi connectivity index (χ1v) is 4.73. The Kier molecular flexibility index (Phi) is 12.3. The topological polar surface area (TPSA) is 0 Å². The van der Waals surface area contributed by atoms with Crippen molar-refractivity contribution < 1.29 is 0 Å². The lowest BCUT2D eigenvalue weighted by Crippen LogP contribution is -1.85.